The van der Waals surface area contributed by atoms with Crippen LogP contribution in [0.3, 0.4) is 0 Å². The zero-order chi connectivity index (χ0) is 9.90. The van der Waals surface area contributed by atoms with Gasteiger partial charge in [-0.25, -0.2) is 8.42 Å². The van der Waals surface area contributed by atoms with Crippen LogP contribution in [0.4, 0.5) is 0 Å². The summed E-state index contributed by atoms with van der Waals surface area (Å²) in [7, 11) is -3.05. The summed E-state index contributed by atoms with van der Waals surface area (Å²) in [5.74, 6) is 0.222. The molecule has 1 heterocycles. The Balaban J connectivity index is 2.65. The van der Waals surface area contributed by atoms with E-state index in [4.69, 9.17) is 5.73 Å². The average Bonchev–Trinajstić information content (AvgIpc) is 2.03. The maximum Gasteiger partial charge on any atom is 0.155 e. The molecule has 0 amide bonds. The molecule has 0 aromatic carbocycles. The molecule has 1 aliphatic rings. The topological polar surface area (TPSA) is 80.4 Å². The van der Waals surface area contributed by atoms with Gasteiger partial charge in [0.05, 0.1) is 17.1 Å². The predicted octanol–water partition coefficient (Wildman–Crippen LogP) is -0.337. The fourth-order valence-electron chi connectivity index (χ4n) is 1.77. The highest BCUT2D eigenvalue weighted by Gasteiger charge is 2.33. The van der Waals surface area contributed by atoms with Crippen molar-refractivity contribution in [2.24, 2.45) is 5.73 Å². The maximum absolute atomic E-state index is 11.5. The normalized spacial score (nSPS) is 29.8. The van der Waals surface area contributed by atoms with Gasteiger partial charge in [0, 0.05) is 0 Å². The second-order valence-corrected chi connectivity index (χ2v) is 5.89. The molecular weight excluding hydrogens is 190 g/mol. The molecule has 0 saturated carbocycles. The van der Waals surface area contributed by atoms with Crippen LogP contribution in [0, 0.1) is 0 Å². The monoisotopic (exact) mass is 207 g/mol. The molecule has 1 aliphatic heterocycles. The van der Waals surface area contributed by atoms with Crippen molar-refractivity contribution in [2.45, 2.75) is 37.0 Å². The summed E-state index contributed by atoms with van der Waals surface area (Å²) in [5.41, 5.74) is 5.27. The van der Waals surface area contributed by atoms with Gasteiger partial charge in [0.1, 0.15) is 0 Å². The Morgan fingerprint density at radius 3 is 2.69 bits per heavy atom. The number of hydrogen-bond acceptors (Lipinski definition) is 4. The number of sulfone groups is 1. The minimum Gasteiger partial charge on any atom is -0.392 e. The van der Waals surface area contributed by atoms with Crippen molar-refractivity contribution >= 4 is 9.84 Å². The van der Waals surface area contributed by atoms with Crippen molar-refractivity contribution in [3.63, 3.8) is 0 Å². The van der Waals surface area contributed by atoms with Crippen molar-refractivity contribution in [1.29, 1.82) is 0 Å². The highest BCUT2D eigenvalue weighted by Crippen LogP contribution is 2.23. The van der Waals surface area contributed by atoms with Gasteiger partial charge in [0.15, 0.2) is 9.84 Å². The molecule has 0 bridgehead atoms. The average molecular weight is 207 g/mol. The molecule has 2 unspecified atom stereocenters. The maximum atomic E-state index is 11.5. The molecule has 1 saturated heterocycles. The van der Waals surface area contributed by atoms with E-state index in [-0.39, 0.29) is 5.75 Å². The quantitative estimate of drug-likeness (QED) is 0.663. The Kier molecular flexibility index (Phi) is 3.70. The lowest BCUT2D eigenvalue weighted by molar-refractivity contribution is 0.154. The van der Waals surface area contributed by atoms with Crippen LogP contribution in [0.25, 0.3) is 0 Å². The minimum absolute atomic E-state index is 0.222. The van der Waals surface area contributed by atoms with Crippen LogP contribution in [-0.4, -0.2) is 37.2 Å². The second kappa shape index (κ2) is 4.39. The molecule has 1 rings (SSSR count). The lowest BCUT2D eigenvalue weighted by Crippen LogP contribution is -2.39. The second-order valence-electron chi connectivity index (χ2n) is 3.55. The van der Waals surface area contributed by atoms with Crippen LogP contribution in [0.5, 0.6) is 0 Å². The summed E-state index contributed by atoms with van der Waals surface area (Å²) < 4.78 is 23.0. The lowest BCUT2D eigenvalue weighted by Gasteiger charge is -2.26. The van der Waals surface area contributed by atoms with E-state index in [1.54, 1.807) is 0 Å². The van der Waals surface area contributed by atoms with Gasteiger partial charge in [-0.3, -0.25) is 0 Å². The Hall–Kier alpha value is -0.130. The largest absolute Gasteiger partial charge is 0.392 e. The summed E-state index contributed by atoms with van der Waals surface area (Å²) >= 11 is 0. The van der Waals surface area contributed by atoms with E-state index in [1.807, 2.05) is 0 Å². The first-order valence-corrected chi connectivity index (χ1v) is 6.39. The first kappa shape index (κ1) is 10.9. The van der Waals surface area contributed by atoms with Crippen molar-refractivity contribution in [2.75, 3.05) is 12.3 Å². The number of aliphatic hydroxyl groups excluding tert-OH is 1. The van der Waals surface area contributed by atoms with Gasteiger partial charge in [-0.15, -0.1) is 0 Å². The molecule has 0 aliphatic carbocycles. The summed E-state index contributed by atoms with van der Waals surface area (Å²) in [4.78, 5) is 0. The van der Waals surface area contributed by atoms with Crippen LogP contribution >= 0.6 is 0 Å². The van der Waals surface area contributed by atoms with Gasteiger partial charge >= 0.3 is 0 Å². The number of aliphatic hydroxyl groups is 1. The molecule has 0 spiro atoms. The fraction of sp³-hybridized carbons (Fsp3) is 1.00. The molecule has 0 radical (unpaired) electrons. The van der Waals surface area contributed by atoms with Crippen molar-refractivity contribution in [3.05, 3.63) is 0 Å². The third kappa shape index (κ3) is 2.65. The van der Waals surface area contributed by atoms with E-state index >= 15 is 0 Å². The lowest BCUT2D eigenvalue weighted by atomic mass is 10.1. The Labute approximate surface area is 79.0 Å². The number of rotatable bonds is 3. The van der Waals surface area contributed by atoms with Gasteiger partial charge in [0.2, 0.25) is 0 Å². The van der Waals surface area contributed by atoms with Crippen LogP contribution in [0.1, 0.15) is 25.7 Å². The van der Waals surface area contributed by atoms with Crippen LogP contribution in [-0.2, 0) is 9.84 Å². The van der Waals surface area contributed by atoms with Crippen LogP contribution in [0.15, 0.2) is 0 Å². The highest BCUT2D eigenvalue weighted by atomic mass is 32.2. The standard InChI is InChI=1S/C8H17NO3S/c9-5-4-7(10)8-3-1-2-6-13(8,11)12/h7-8,10H,1-6,9H2. The Morgan fingerprint density at radius 1 is 1.46 bits per heavy atom. The molecule has 2 atom stereocenters. The fourth-order valence-corrected chi connectivity index (χ4v) is 3.82. The van der Waals surface area contributed by atoms with Crippen LogP contribution in [0.2, 0.25) is 0 Å². The molecule has 78 valence electrons. The zero-order valence-corrected chi connectivity index (χ0v) is 8.46. The molecule has 5 heteroatoms. The van der Waals surface area contributed by atoms with Crippen LogP contribution < -0.4 is 5.73 Å². The van der Waals surface area contributed by atoms with Gasteiger partial charge in [-0.1, -0.05) is 6.42 Å². The van der Waals surface area contributed by atoms with Crippen molar-refractivity contribution < 1.29 is 13.5 Å². The summed E-state index contributed by atoms with van der Waals surface area (Å²) in [6.45, 7) is 0.340. The Bertz CT molecular complexity index is 250. The van der Waals surface area contributed by atoms with E-state index in [1.165, 1.54) is 0 Å². The van der Waals surface area contributed by atoms with E-state index < -0.39 is 21.2 Å². The molecule has 1 fully saturated rings. The third-order valence-corrected chi connectivity index (χ3v) is 4.85. The van der Waals surface area contributed by atoms with Gasteiger partial charge in [0.25, 0.3) is 0 Å². The van der Waals surface area contributed by atoms with E-state index in [0.29, 0.717) is 19.4 Å². The summed E-state index contributed by atoms with van der Waals surface area (Å²) in [6, 6.07) is 0. The first-order chi connectivity index (χ1) is 6.08. The van der Waals surface area contributed by atoms with Gasteiger partial charge in [-0.05, 0) is 25.8 Å². The Morgan fingerprint density at radius 2 is 2.15 bits per heavy atom. The first-order valence-electron chi connectivity index (χ1n) is 4.67. The molecule has 0 aromatic rings. The minimum atomic E-state index is -3.05. The van der Waals surface area contributed by atoms with E-state index in [9.17, 15) is 13.5 Å². The molecule has 3 N–H and O–H groups in total. The number of nitrogens with two attached hydrogens (primary N) is 1. The van der Waals surface area contributed by atoms with E-state index in [2.05, 4.69) is 0 Å². The molecule has 4 nitrogen and oxygen atoms in total. The van der Waals surface area contributed by atoms with Crippen molar-refractivity contribution in [3.8, 4) is 0 Å². The summed E-state index contributed by atoms with van der Waals surface area (Å²) in [5, 5.41) is 8.99. The smallest absolute Gasteiger partial charge is 0.155 e. The predicted molar refractivity (Wildman–Crippen MR) is 51.1 cm³/mol. The molecule has 13 heavy (non-hydrogen) atoms. The van der Waals surface area contributed by atoms with Gasteiger partial charge in [-0.2, -0.15) is 0 Å². The third-order valence-electron chi connectivity index (χ3n) is 2.52. The molecule has 0 aromatic heterocycles. The molecular formula is C8H17NO3S. The van der Waals surface area contributed by atoms with Crippen molar-refractivity contribution in [1.82, 2.24) is 0 Å². The van der Waals surface area contributed by atoms with Gasteiger partial charge < -0.3 is 10.8 Å². The summed E-state index contributed by atoms with van der Waals surface area (Å²) in [6.07, 6.45) is 1.82. The SMILES string of the molecule is NCCC(O)C1CCCCS1(=O)=O. The van der Waals surface area contributed by atoms with E-state index in [0.717, 1.165) is 12.8 Å². The highest BCUT2D eigenvalue weighted by molar-refractivity contribution is 7.92. The zero-order valence-electron chi connectivity index (χ0n) is 7.65. The number of hydrogen-bond donors (Lipinski definition) is 2.